The first-order chi connectivity index (χ1) is 16.2. The van der Waals surface area contributed by atoms with E-state index in [1.54, 1.807) is 10.1 Å². The zero-order chi connectivity index (χ0) is 22.6. The Bertz CT molecular complexity index is 1240. The molecule has 0 saturated carbocycles. The summed E-state index contributed by atoms with van der Waals surface area (Å²) in [4.78, 5) is 19.7. The number of thiazole rings is 1. The molecule has 3 N–H and O–H groups in total. The molecule has 1 aliphatic rings. The highest BCUT2D eigenvalue weighted by Crippen LogP contribution is 2.28. The van der Waals surface area contributed by atoms with Crippen molar-refractivity contribution in [1.29, 1.82) is 0 Å². The molecule has 0 unspecified atom stereocenters. The van der Waals surface area contributed by atoms with Crippen LogP contribution in [-0.2, 0) is 7.05 Å². The van der Waals surface area contributed by atoms with E-state index in [-0.39, 0.29) is 5.91 Å². The number of amides is 1. The van der Waals surface area contributed by atoms with Crippen molar-refractivity contribution in [2.75, 3.05) is 41.7 Å². The molecule has 8 nitrogen and oxygen atoms in total. The average Bonchev–Trinajstić information content (AvgIpc) is 3.48. The van der Waals surface area contributed by atoms with Crippen molar-refractivity contribution in [2.45, 2.75) is 0 Å². The van der Waals surface area contributed by atoms with Crippen molar-refractivity contribution >= 4 is 39.6 Å². The largest absolute Gasteiger partial charge is 0.367 e. The number of carbonyl (C=O) groups is 1. The third-order valence-electron chi connectivity index (χ3n) is 5.53. The second-order valence-corrected chi connectivity index (χ2v) is 8.63. The fourth-order valence-corrected chi connectivity index (χ4v) is 4.52. The summed E-state index contributed by atoms with van der Waals surface area (Å²) in [6.45, 7) is 3.69. The van der Waals surface area contributed by atoms with Crippen molar-refractivity contribution in [3.63, 3.8) is 0 Å². The number of para-hydroxylation sites is 2. The molecule has 2 aromatic heterocycles. The second kappa shape index (κ2) is 9.43. The molecule has 33 heavy (non-hydrogen) atoms. The number of hydrogen-bond donors (Lipinski definition) is 3. The van der Waals surface area contributed by atoms with Gasteiger partial charge >= 0.3 is 0 Å². The Morgan fingerprint density at radius 2 is 1.82 bits per heavy atom. The van der Waals surface area contributed by atoms with E-state index in [0.717, 1.165) is 54.6 Å². The lowest BCUT2D eigenvalue weighted by molar-refractivity contribution is 0.102. The molecule has 3 heterocycles. The third kappa shape index (κ3) is 4.74. The fourth-order valence-electron chi connectivity index (χ4n) is 3.83. The highest BCUT2D eigenvalue weighted by molar-refractivity contribution is 7.14. The zero-order valence-corrected chi connectivity index (χ0v) is 19.1. The first kappa shape index (κ1) is 21.2. The maximum absolute atomic E-state index is 12.9. The van der Waals surface area contributed by atoms with E-state index in [0.29, 0.717) is 10.8 Å². The molecule has 0 spiro atoms. The molecule has 0 atom stereocenters. The van der Waals surface area contributed by atoms with E-state index in [4.69, 9.17) is 0 Å². The third-order valence-corrected chi connectivity index (χ3v) is 6.29. The molecule has 1 aliphatic heterocycles. The maximum atomic E-state index is 12.9. The van der Waals surface area contributed by atoms with Crippen LogP contribution in [0.25, 0.3) is 11.3 Å². The van der Waals surface area contributed by atoms with Gasteiger partial charge in [-0.05, 0) is 12.1 Å². The van der Waals surface area contributed by atoms with Crippen LogP contribution in [0.1, 0.15) is 10.5 Å². The van der Waals surface area contributed by atoms with Gasteiger partial charge in [-0.1, -0.05) is 42.5 Å². The van der Waals surface area contributed by atoms with Gasteiger partial charge in [0.2, 0.25) is 0 Å². The van der Waals surface area contributed by atoms with E-state index in [1.807, 2.05) is 67.7 Å². The van der Waals surface area contributed by atoms with Gasteiger partial charge < -0.3 is 20.9 Å². The first-order valence-electron chi connectivity index (χ1n) is 10.9. The maximum Gasteiger partial charge on any atom is 0.275 e. The van der Waals surface area contributed by atoms with Crippen molar-refractivity contribution < 1.29 is 4.79 Å². The lowest BCUT2D eigenvalue weighted by Crippen LogP contribution is -2.43. The fraction of sp³-hybridized carbons (Fsp3) is 0.208. The molecule has 5 rings (SSSR count). The van der Waals surface area contributed by atoms with Crippen molar-refractivity contribution in [3.8, 4) is 11.3 Å². The minimum atomic E-state index is -0.225. The predicted octanol–water partition coefficient (Wildman–Crippen LogP) is 3.95. The van der Waals surface area contributed by atoms with Crippen molar-refractivity contribution in [3.05, 3.63) is 71.7 Å². The molecule has 0 bridgehead atoms. The number of anilines is 4. The van der Waals surface area contributed by atoms with Gasteiger partial charge in [-0.3, -0.25) is 9.48 Å². The Balaban J connectivity index is 1.29. The molecule has 1 saturated heterocycles. The molecule has 1 amide bonds. The molecule has 168 valence electrons. The van der Waals surface area contributed by atoms with Gasteiger partial charge in [0.05, 0.1) is 17.1 Å². The molecule has 0 radical (unpaired) electrons. The van der Waals surface area contributed by atoms with Gasteiger partial charge in [-0.15, -0.1) is 11.3 Å². The SMILES string of the molecule is Cn1nc(-c2ccccc2)cc1Nc1nc(C(=O)Nc2ccccc2N2CCNCC2)cs1. The number of benzene rings is 2. The summed E-state index contributed by atoms with van der Waals surface area (Å²) in [6, 6.07) is 19.9. The normalized spacial score (nSPS) is 13.7. The molecular formula is C24H25N7OS. The van der Waals surface area contributed by atoms with Gasteiger partial charge in [-0.2, -0.15) is 5.10 Å². The van der Waals surface area contributed by atoms with E-state index < -0.39 is 0 Å². The van der Waals surface area contributed by atoms with Crippen LogP contribution < -0.4 is 20.9 Å². The van der Waals surface area contributed by atoms with Crippen LogP contribution >= 0.6 is 11.3 Å². The number of carbonyl (C=O) groups excluding carboxylic acids is 1. The van der Waals surface area contributed by atoms with Crippen LogP contribution in [0.4, 0.5) is 22.3 Å². The summed E-state index contributed by atoms with van der Waals surface area (Å²) >= 11 is 1.39. The standard InChI is InChI=1S/C24H25N7OS/c1-30-22(15-19(29-30)17-7-3-2-4-8-17)28-24-27-20(16-33-24)23(32)26-18-9-5-6-10-21(18)31-13-11-25-12-14-31/h2-10,15-16,25H,11-14H2,1H3,(H,26,32)(H,27,28). The Hall–Kier alpha value is -3.69. The monoisotopic (exact) mass is 459 g/mol. The Morgan fingerprint density at radius 1 is 1.06 bits per heavy atom. The van der Waals surface area contributed by atoms with Crippen LogP contribution in [0.15, 0.2) is 66.0 Å². The molecular weight excluding hydrogens is 434 g/mol. The topological polar surface area (TPSA) is 87.1 Å². The number of nitrogens with one attached hydrogen (secondary N) is 3. The molecule has 1 fully saturated rings. The highest BCUT2D eigenvalue weighted by atomic mass is 32.1. The lowest BCUT2D eigenvalue weighted by atomic mass is 10.2. The van der Waals surface area contributed by atoms with Crippen LogP contribution in [0.2, 0.25) is 0 Å². The highest BCUT2D eigenvalue weighted by Gasteiger charge is 2.18. The zero-order valence-electron chi connectivity index (χ0n) is 18.3. The minimum absolute atomic E-state index is 0.225. The quantitative estimate of drug-likeness (QED) is 0.405. The van der Waals surface area contributed by atoms with Crippen LogP contribution in [0.5, 0.6) is 0 Å². The van der Waals surface area contributed by atoms with Crippen LogP contribution in [0, 0.1) is 0 Å². The van der Waals surface area contributed by atoms with E-state index in [2.05, 4.69) is 30.9 Å². The van der Waals surface area contributed by atoms with Gasteiger partial charge in [0.1, 0.15) is 11.5 Å². The average molecular weight is 460 g/mol. The van der Waals surface area contributed by atoms with Gasteiger partial charge in [0.25, 0.3) is 5.91 Å². The van der Waals surface area contributed by atoms with E-state index in [9.17, 15) is 4.79 Å². The second-order valence-electron chi connectivity index (χ2n) is 7.78. The summed E-state index contributed by atoms with van der Waals surface area (Å²) in [5.41, 5.74) is 4.13. The summed E-state index contributed by atoms with van der Waals surface area (Å²) < 4.78 is 1.77. The van der Waals surface area contributed by atoms with Crippen LogP contribution in [-0.4, -0.2) is 46.9 Å². The van der Waals surface area contributed by atoms with E-state index in [1.165, 1.54) is 11.3 Å². The number of aromatic nitrogens is 3. The summed E-state index contributed by atoms with van der Waals surface area (Å²) in [7, 11) is 1.88. The molecule has 2 aromatic carbocycles. The number of piperazine rings is 1. The molecule has 0 aliphatic carbocycles. The summed E-state index contributed by atoms with van der Waals surface area (Å²) in [6.07, 6.45) is 0. The van der Waals surface area contributed by atoms with Gasteiger partial charge in [0, 0.05) is 50.2 Å². The first-order valence-corrected chi connectivity index (χ1v) is 11.7. The Labute approximate surface area is 196 Å². The van der Waals surface area contributed by atoms with E-state index >= 15 is 0 Å². The number of aryl methyl sites for hydroxylation is 1. The van der Waals surface area contributed by atoms with Gasteiger partial charge in [0.15, 0.2) is 5.13 Å². The smallest absolute Gasteiger partial charge is 0.275 e. The summed E-state index contributed by atoms with van der Waals surface area (Å²) in [5, 5.41) is 16.6. The van der Waals surface area contributed by atoms with Crippen LogP contribution in [0.3, 0.4) is 0 Å². The lowest BCUT2D eigenvalue weighted by Gasteiger charge is -2.31. The Kier molecular flexibility index (Phi) is 6.05. The number of hydrogen-bond acceptors (Lipinski definition) is 7. The van der Waals surface area contributed by atoms with Gasteiger partial charge in [-0.25, -0.2) is 4.98 Å². The van der Waals surface area contributed by atoms with Crippen molar-refractivity contribution in [2.24, 2.45) is 7.05 Å². The molecule has 4 aromatic rings. The predicted molar refractivity (Wildman–Crippen MR) is 134 cm³/mol. The number of rotatable bonds is 6. The minimum Gasteiger partial charge on any atom is -0.367 e. The molecule has 9 heteroatoms. The number of nitrogens with zero attached hydrogens (tertiary/aromatic N) is 4. The van der Waals surface area contributed by atoms with Crippen molar-refractivity contribution in [1.82, 2.24) is 20.1 Å². The Morgan fingerprint density at radius 3 is 2.64 bits per heavy atom. The summed E-state index contributed by atoms with van der Waals surface area (Å²) in [5.74, 6) is 0.580.